The lowest BCUT2D eigenvalue weighted by Crippen LogP contribution is -2.39. The molecule has 98 valence electrons. The molecule has 0 saturated heterocycles. The summed E-state index contributed by atoms with van der Waals surface area (Å²) in [5.41, 5.74) is 2.48. The summed E-state index contributed by atoms with van der Waals surface area (Å²) in [6.45, 7) is 4.50. The molecule has 0 bridgehead atoms. The van der Waals surface area contributed by atoms with Crippen LogP contribution in [0.15, 0.2) is 48.5 Å². The fraction of sp³-hybridized carbons (Fsp3) is 0.250. The van der Waals surface area contributed by atoms with Crippen LogP contribution in [0.2, 0.25) is 13.1 Å². The van der Waals surface area contributed by atoms with Crippen molar-refractivity contribution in [2.75, 3.05) is 7.11 Å². The first-order chi connectivity index (χ1) is 9.12. The van der Waals surface area contributed by atoms with Gasteiger partial charge in [0.15, 0.2) is 0 Å². The molecule has 2 aromatic rings. The van der Waals surface area contributed by atoms with E-state index in [0.717, 1.165) is 5.75 Å². The van der Waals surface area contributed by atoms with E-state index in [9.17, 15) is 0 Å². The van der Waals surface area contributed by atoms with Gasteiger partial charge in [-0.05, 0) is 41.5 Å². The summed E-state index contributed by atoms with van der Waals surface area (Å²) in [6, 6.07) is 16.7. The van der Waals surface area contributed by atoms with E-state index in [4.69, 9.17) is 9.16 Å². The van der Waals surface area contributed by atoms with Gasteiger partial charge in [0.2, 0.25) is 8.32 Å². The van der Waals surface area contributed by atoms with Crippen molar-refractivity contribution in [1.82, 2.24) is 0 Å². The molecular formula is C16H18O2Si. The summed E-state index contributed by atoms with van der Waals surface area (Å²) in [7, 11) is -0.0919. The van der Waals surface area contributed by atoms with E-state index < -0.39 is 8.32 Å². The molecule has 0 saturated carbocycles. The number of ether oxygens (including phenoxy) is 1. The SMILES string of the molecule is COc1ccc2c(c1)C(c1ccccc1)O[Si]2(C)C. The van der Waals surface area contributed by atoms with Crippen molar-refractivity contribution in [2.45, 2.75) is 19.2 Å². The van der Waals surface area contributed by atoms with Crippen LogP contribution >= 0.6 is 0 Å². The zero-order chi connectivity index (χ0) is 13.5. The Balaban J connectivity index is 2.12. The highest BCUT2D eigenvalue weighted by molar-refractivity contribution is 6.85. The van der Waals surface area contributed by atoms with E-state index in [2.05, 4.69) is 49.5 Å². The number of benzene rings is 2. The average Bonchev–Trinajstić information content (AvgIpc) is 2.71. The zero-order valence-corrected chi connectivity index (χ0v) is 12.5. The van der Waals surface area contributed by atoms with Gasteiger partial charge in [-0.3, -0.25) is 0 Å². The molecule has 2 nitrogen and oxygen atoms in total. The van der Waals surface area contributed by atoms with Crippen LogP contribution in [0, 0.1) is 0 Å². The number of methoxy groups -OCH3 is 1. The average molecular weight is 270 g/mol. The Morgan fingerprint density at radius 1 is 1.05 bits per heavy atom. The number of rotatable bonds is 2. The molecule has 0 spiro atoms. The maximum absolute atomic E-state index is 6.39. The molecule has 1 heterocycles. The molecule has 0 aliphatic carbocycles. The van der Waals surface area contributed by atoms with Crippen LogP contribution in [-0.4, -0.2) is 15.4 Å². The van der Waals surface area contributed by atoms with Gasteiger partial charge >= 0.3 is 0 Å². The van der Waals surface area contributed by atoms with Crippen molar-refractivity contribution < 1.29 is 9.16 Å². The summed E-state index contributed by atoms with van der Waals surface area (Å²) >= 11 is 0. The number of fused-ring (bicyclic) bond motifs is 1. The molecule has 1 atom stereocenters. The van der Waals surface area contributed by atoms with Crippen molar-refractivity contribution in [3.63, 3.8) is 0 Å². The summed E-state index contributed by atoms with van der Waals surface area (Å²) < 4.78 is 11.7. The van der Waals surface area contributed by atoms with E-state index >= 15 is 0 Å². The molecule has 2 aromatic carbocycles. The first kappa shape index (κ1) is 12.5. The monoisotopic (exact) mass is 270 g/mol. The minimum Gasteiger partial charge on any atom is -0.497 e. The van der Waals surface area contributed by atoms with Crippen LogP contribution in [-0.2, 0) is 4.43 Å². The maximum atomic E-state index is 6.39. The topological polar surface area (TPSA) is 18.5 Å². The Bertz CT molecular complexity index is 593. The van der Waals surface area contributed by atoms with Crippen molar-refractivity contribution in [3.8, 4) is 5.75 Å². The highest BCUT2D eigenvalue weighted by Gasteiger charge is 2.40. The minimum absolute atomic E-state index is 0.0490. The van der Waals surface area contributed by atoms with Crippen LogP contribution in [0.25, 0.3) is 0 Å². The molecule has 3 rings (SSSR count). The predicted molar refractivity (Wildman–Crippen MR) is 79.5 cm³/mol. The molecule has 0 amide bonds. The highest BCUT2D eigenvalue weighted by Crippen LogP contribution is 2.36. The number of hydrogen-bond donors (Lipinski definition) is 0. The summed E-state index contributed by atoms with van der Waals surface area (Å²) in [4.78, 5) is 0. The first-order valence-corrected chi connectivity index (χ1v) is 9.44. The van der Waals surface area contributed by atoms with Gasteiger partial charge in [-0.1, -0.05) is 36.4 Å². The summed E-state index contributed by atoms with van der Waals surface area (Å²) in [6.07, 6.45) is 0.0490. The lowest BCUT2D eigenvalue weighted by molar-refractivity contribution is 0.258. The van der Waals surface area contributed by atoms with Crippen LogP contribution in [0.1, 0.15) is 17.2 Å². The van der Waals surface area contributed by atoms with E-state index in [1.807, 2.05) is 12.1 Å². The van der Waals surface area contributed by atoms with Crippen molar-refractivity contribution in [2.24, 2.45) is 0 Å². The molecular weight excluding hydrogens is 252 g/mol. The Hall–Kier alpha value is -1.58. The van der Waals surface area contributed by atoms with Gasteiger partial charge in [0.1, 0.15) is 5.75 Å². The third-order valence-corrected chi connectivity index (χ3v) is 6.28. The fourth-order valence-corrected chi connectivity index (χ4v) is 5.09. The third-order valence-electron chi connectivity index (χ3n) is 3.70. The normalized spacial score (nSPS) is 20.1. The molecule has 0 fully saturated rings. The van der Waals surface area contributed by atoms with Gasteiger partial charge in [0.25, 0.3) is 0 Å². The van der Waals surface area contributed by atoms with E-state index in [1.54, 1.807) is 7.11 Å². The second kappa shape index (κ2) is 4.51. The van der Waals surface area contributed by atoms with E-state index in [0.29, 0.717) is 0 Å². The van der Waals surface area contributed by atoms with Crippen LogP contribution in [0.5, 0.6) is 5.75 Å². The van der Waals surface area contributed by atoms with Crippen LogP contribution in [0.4, 0.5) is 0 Å². The summed E-state index contributed by atoms with van der Waals surface area (Å²) in [5, 5.41) is 1.38. The van der Waals surface area contributed by atoms with Gasteiger partial charge in [-0.15, -0.1) is 0 Å². The molecule has 1 aliphatic rings. The van der Waals surface area contributed by atoms with Crippen molar-refractivity contribution >= 4 is 13.5 Å². The van der Waals surface area contributed by atoms with Gasteiger partial charge in [0.05, 0.1) is 13.2 Å². The predicted octanol–water partition coefficient (Wildman–Crippen LogP) is 3.23. The van der Waals surface area contributed by atoms with Crippen molar-refractivity contribution in [1.29, 1.82) is 0 Å². The van der Waals surface area contributed by atoms with Crippen LogP contribution in [0.3, 0.4) is 0 Å². The quantitative estimate of drug-likeness (QED) is 0.780. The number of hydrogen-bond acceptors (Lipinski definition) is 2. The standard InChI is InChI=1S/C16H18O2Si/c1-17-13-9-10-15-14(11-13)16(18-19(15,2)3)12-7-5-4-6-8-12/h4-11,16H,1-3H3. The molecule has 0 aromatic heterocycles. The molecule has 0 N–H and O–H groups in total. The molecule has 19 heavy (non-hydrogen) atoms. The second-order valence-electron chi connectivity index (χ2n) is 5.37. The van der Waals surface area contributed by atoms with Crippen molar-refractivity contribution in [3.05, 3.63) is 59.7 Å². The van der Waals surface area contributed by atoms with Gasteiger partial charge in [-0.2, -0.15) is 0 Å². The minimum atomic E-state index is -1.80. The Kier molecular flexibility index (Phi) is 2.95. The first-order valence-electron chi connectivity index (χ1n) is 6.53. The lowest BCUT2D eigenvalue weighted by Gasteiger charge is -2.18. The van der Waals surface area contributed by atoms with E-state index in [-0.39, 0.29) is 6.10 Å². The lowest BCUT2D eigenvalue weighted by atomic mass is 10.0. The van der Waals surface area contributed by atoms with E-state index in [1.165, 1.54) is 16.3 Å². The third kappa shape index (κ3) is 2.09. The summed E-state index contributed by atoms with van der Waals surface area (Å²) in [5.74, 6) is 0.898. The Labute approximate surface area is 115 Å². The van der Waals surface area contributed by atoms with Gasteiger partial charge < -0.3 is 9.16 Å². The largest absolute Gasteiger partial charge is 0.497 e. The smallest absolute Gasteiger partial charge is 0.219 e. The zero-order valence-electron chi connectivity index (χ0n) is 11.5. The van der Waals surface area contributed by atoms with Gasteiger partial charge in [-0.25, -0.2) is 0 Å². The molecule has 1 aliphatic heterocycles. The second-order valence-corrected chi connectivity index (χ2v) is 9.17. The molecule has 0 radical (unpaired) electrons. The fourth-order valence-electron chi connectivity index (χ4n) is 2.73. The Morgan fingerprint density at radius 3 is 2.47 bits per heavy atom. The van der Waals surface area contributed by atoms with Gasteiger partial charge in [0, 0.05) is 0 Å². The Morgan fingerprint density at radius 2 is 1.79 bits per heavy atom. The maximum Gasteiger partial charge on any atom is 0.219 e. The van der Waals surface area contributed by atoms with Crippen LogP contribution < -0.4 is 9.92 Å². The highest BCUT2D eigenvalue weighted by atomic mass is 28.4. The molecule has 3 heteroatoms. The molecule has 1 unspecified atom stereocenters.